The first kappa shape index (κ1) is 16.7. The van der Waals surface area contributed by atoms with E-state index in [4.69, 9.17) is 15.2 Å². The highest BCUT2D eigenvalue weighted by atomic mass is 32.1. The van der Waals surface area contributed by atoms with Gasteiger partial charge in [-0.15, -0.1) is 0 Å². The summed E-state index contributed by atoms with van der Waals surface area (Å²) in [6, 6.07) is 11.7. The Morgan fingerprint density at radius 1 is 1.30 bits per heavy atom. The zero-order valence-corrected chi connectivity index (χ0v) is 13.3. The lowest BCUT2D eigenvalue weighted by molar-refractivity contribution is 0.279. The Morgan fingerprint density at radius 2 is 2.09 bits per heavy atom. The quantitative estimate of drug-likeness (QED) is 0.483. The Morgan fingerprint density at radius 3 is 2.78 bits per heavy atom. The largest absolute Gasteiger partial charge is 0.493 e. The Labute approximate surface area is 138 Å². The SMILES string of the molecule is COc1cc(/C=N\NC(N)=S)ccc1OCc1ccccc1F. The molecule has 2 rings (SSSR count). The van der Waals surface area contributed by atoms with Crippen LogP contribution in [-0.4, -0.2) is 18.4 Å². The summed E-state index contributed by atoms with van der Waals surface area (Å²) in [6.07, 6.45) is 1.54. The van der Waals surface area contributed by atoms with Gasteiger partial charge in [-0.2, -0.15) is 5.10 Å². The highest BCUT2D eigenvalue weighted by Gasteiger charge is 2.07. The number of hydrogen-bond donors (Lipinski definition) is 2. The second-order valence-corrected chi connectivity index (χ2v) is 4.96. The van der Waals surface area contributed by atoms with Gasteiger partial charge in [0.1, 0.15) is 12.4 Å². The number of nitrogens with one attached hydrogen (secondary N) is 1. The van der Waals surface area contributed by atoms with E-state index in [1.54, 1.807) is 42.6 Å². The summed E-state index contributed by atoms with van der Waals surface area (Å²) in [6.45, 7) is 0.111. The first-order valence-corrected chi connectivity index (χ1v) is 7.13. The van der Waals surface area contributed by atoms with Crippen molar-refractivity contribution in [2.24, 2.45) is 10.8 Å². The van der Waals surface area contributed by atoms with Crippen molar-refractivity contribution in [3.63, 3.8) is 0 Å². The molecule has 2 aromatic rings. The van der Waals surface area contributed by atoms with Crippen LogP contribution in [0.25, 0.3) is 0 Å². The molecule has 0 aliphatic rings. The third-order valence-corrected chi connectivity index (χ3v) is 3.01. The van der Waals surface area contributed by atoms with Crippen molar-refractivity contribution in [1.29, 1.82) is 0 Å². The predicted octanol–water partition coefficient (Wildman–Crippen LogP) is 2.58. The van der Waals surface area contributed by atoms with Crippen molar-refractivity contribution in [2.45, 2.75) is 6.61 Å². The van der Waals surface area contributed by atoms with Crippen LogP contribution in [0.5, 0.6) is 11.5 Å². The molecule has 0 saturated carbocycles. The fourth-order valence-corrected chi connectivity index (χ4v) is 1.88. The molecule has 0 aromatic heterocycles. The Bertz CT molecular complexity index is 722. The summed E-state index contributed by atoms with van der Waals surface area (Å²) in [5.74, 6) is 0.717. The summed E-state index contributed by atoms with van der Waals surface area (Å²) in [5.41, 5.74) is 8.98. The number of benzene rings is 2. The topological polar surface area (TPSA) is 68.9 Å². The number of hydrogen-bond acceptors (Lipinski definition) is 4. The van der Waals surface area contributed by atoms with Gasteiger partial charge in [-0.05, 0) is 42.0 Å². The molecule has 0 unspecified atom stereocenters. The van der Waals surface area contributed by atoms with Gasteiger partial charge in [0.25, 0.3) is 0 Å². The number of halogens is 1. The van der Waals surface area contributed by atoms with E-state index in [0.29, 0.717) is 17.1 Å². The molecule has 0 fully saturated rings. The van der Waals surface area contributed by atoms with Crippen molar-refractivity contribution in [2.75, 3.05) is 7.11 Å². The van der Waals surface area contributed by atoms with E-state index in [1.165, 1.54) is 13.2 Å². The molecule has 0 heterocycles. The molecule has 23 heavy (non-hydrogen) atoms. The lowest BCUT2D eigenvalue weighted by Gasteiger charge is -2.11. The van der Waals surface area contributed by atoms with Gasteiger partial charge in [0, 0.05) is 5.56 Å². The fourth-order valence-electron chi connectivity index (χ4n) is 1.83. The van der Waals surface area contributed by atoms with Gasteiger partial charge in [-0.25, -0.2) is 4.39 Å². The van der Waals surface area contributed by atoms with Crippen LogP contribution in [-0.2, 0) is 6.61 Å². The van der Waals surface area contributed by atoms with Gasteiger partial charge in [-0.1, -0.05) is 18.2 Å². The molecule has 0 aliphatic heterocycles. The minimum Gasteiger partial charge on any atom is -0.493 e. The third kappa shape index (κ3) is 4.93. The minimum atomic E-state index is -0.306. The fraction of sp³-hybridized carbons (Fsp3) is 0.125. The molecule has 0 spiro atoms. The molecule has 0 saturated heterocycles. The molecule has 0 atom stereocenters. The zero-order chi connectivity index (χ0) is 16.7. The Balaban J connectivity index is 2.09. The first-order valence-electron chi connectivity index (χ1n) is 6.73. The summed E-state index contributed by atoms with van der Waals surface area (Å²) in [5, 5.41) is 3.95. The average molecular weight is 333 g/mol. The van der Waals surface area contributed by atoms with E-state index in [1.807, 2.05) is 0 Å². The maximum absolute atomic E-state index is 13.6. The molecule has 0 radical (unpaired) electrons. The minimum absolute atomic E-state index is 0.0815. The Kier molecular flexibility index (Phi) is 5.87. The van der Waals surface area contributed by atoms with Crippen LogP contribution in [0, 0.1) is 5.82 Å². The van der Waals surface area contributed by atoms with Crippen LogP contribution < -0.4 is 20.6 Å². The maximum atomic E-state index is 13.6. The lowest BCUT2D eigenvalue weighted by atomic mass is 10.2. The number of ether oxygens (including phenoxy) is 2. The number of nitrogens with two attached hydrogens (primary N) is 1. The van der Waals surface area contributed by atoms with Crippen LogP contribution in [0.15, 0.2) is 47.6 Å². The number of nitrogens with zero attached hydrogens (tertiary/aromatic N) is 1. The van der Waals surface area contributed by atoms with Crippen molar-refractivity contribution in [3.05, 3.63) is 59.4 Å². The first-order chi connectivity index (χ1) is 11.1. The summed E-state index contributed by atoms with van der Waals surface area (Å²) in [7, 11) is 1.53. The zero-order valence-electron chi connectivity index (χ0n) is 12.5. The van der Waals surface area contributed by atoms with E-state index >= 15 is 0 Å². The molecule has 120 valence electrons. The molecule has 3 N–H and O–H groups in total. The summed E-state index contributed by atoms with van der Waals surface area (Å²) >= 11 is 4.65. The van der Waals surface area contributed by atoms with Gasteiger partial charge >= 0.3 is 0 Å². The molecule has 2 aromatic carbocycles. The number of hydrazone groups is 1. The molecule has 0 aliphatic carbocycles. The number of rotatable bonds is 6. The highest BCUT2D eigenvalue weighted by molar-refractivity contribution is 7.80. The van der Waals surface area contributed by atoms with Gasteiger partial charge in [-0.3, -0.25) is 5.43 Å². The van der Waals surface area contributed by atoms with E-state index in [0.717, 1.165) is 5.56 Å². The molecule has 7 heteroatoms. The third-order valence-electron chi connectivity index (χ3n) is 2.92. The summed E-state index contributed by atoms with van der Waals surface area (Å²) < 4.78 is 24.5. The molecular formula is C16H16FN3O2S. The predicted molar refractivity (Wildman–Crippen MR) is 91.2 cm³/mol. The van der Waals surface area contributed by atoms with Crippen LogP contribution in [0.4, 0.5) is 4.39 Å². The maximum Gasteiger partial charge on any atom is 0.184 e. The van der Waals surface area contributed by atoms with Crippen molar-refractivity contribution in [3.8, 4) is 11.5 Å². The normalized spacial score (nSPS) is 10.5. The lowest BCUT2D eigenvalue weighted by Crippen LogP contribution is -2.23. The second kappa shape index (κ2) is 8.09. The van der Waals surface area contributed by atoms with Crippen LogP contribution in [0.1, 0.15) is 11.1 Å². The molecule has 5 nitrogen and oxygen atoms in total. The van der Waals surface area contributed by atoms with Gasteiger partial charge in [0.15, 0.2) is 16.6 Å². The van der Waals surface area contributed by atoms with E-state index in [2.05, 4.69) is 22.7 Å². The average Bonchev–Trinajstić information content (AvgIpc) is 2.54. The van der Waals surface area contributed by atoms with E-state index in [9.17, 15) is 4.39 Å². The molecule has 0 bridgehead atoms. The van der Waals surface area contributed by atoms with Gasteiger partial charge < -0.3 is 15.2 Å². The van der Waals surface area contributed by atoms with Gasteiger partial charge in [0.05, 0.1) is 13.3 Å². The van der Waals surface area contributed by atoms with E-state index in [-0.39, 0.29) is 17.5 Å². The van der Waals surface area contributed by atoms with Crippen molar-refractivity contribution < 1.29 is 13.9 Å². The van der Waals surface area contributed by atoms with Crippen LogP contribution in [0.3, 0.4) is 0 Å². The number of thiocarbonyl (C=S) groups is 1. The Hall–Kier alpha value is -2.67. The van der Waals surface area contributed by atoms with Crippen molar-refractivity contribution >= 4 is 23.5 Å². The standard InChI is InChI=1S/C16H16FN3O2S/c1-21-15-8-11(9-19-20-16(18)23)6-7-14(15)22-10-12-4-2-3-5-13(12)17/h2-9H,10H2,1H3,(H3,18,20,23)/b19-9-. The highest BCUT2D eigenvalue weighted by Crippen LogP contribution is 2.28. The number of methoxy groups -OCH3 is 1. The molecule has 0 amide bonds. The van der Waals surface area contributed by atoms with Crippen LogP contribution >= 0.6 is 12.2 Å². The second-order valence-electron chi connectivity index (χ2n) is 4.52. The monoisotopic (exact) mass is 333 g/mol. The van der Waals surface area contributed by atoms with E-state index < -0.39 is 0 Å². The van der Waals surface area contributed by atoms with Gasteiger partial charge in [0.2, 0.25) is 0 Å². The molecular weight excluding hydrogens is 317 g/mol. The smallest absolute Gasteiger partial charge is 0.184 e. The van der Waals surface area contributed by atoms with Crippen LogP contribution in [0.2, 0.25) is 0 Å². The summed E-state index contributed by atoms with van der Waals surface area (Å²) in [4.78, 5) is 0. The van der Waals surface area contributed by atoms with Crippen molar-refractivity contribution in [1.82, 2.24) is 5.43 Å².